The predicted octanol–water partition coefficient (Wildman–Crippen LogP) is 2.41. The lowest BCUT2D eigenvalue weighted by Crippen LogP contribution is -2.36. The largest absolute Gasteiger partial charge is 0.396 e. The van der Waals surface area contributed by atoms with Gasteiger partial charge in [0.2, 0.25) is 0 Å². The van der Waals surface area contributed by atoms with Crippen molar-refractivity contribution in [2.75, 3.05) is 37.8 Å². The van der Waals surface area contributed by atoms with Crippen LogP contribution in [0, 0.1) is 10.3 Å². The zero-order valence-corrected chi connectivity index (χ0v) is 12.5. The third-order valence-electron chi connectivity index (χ3n) is 4.70. The second-order valence-electron chi connectivity index (χ2n) is 6.44. The van der Waals surface area contributed by atoms with Crippen LogP contribution in [-0.4, -0.2) is 38.0 Å². The standard InChI is InChI=1S/C16H22N2O3/c1-16(2-5-19)10-12-8-14(17-20)15(9-13(12)11-16)18-3-6-21-7-4-18/h8-9,19H,2-7,10-11H2,1H3. The van der Waals surface area contributed by atoms with E-state index in [4.69, 9.17) is 4.74 Å². The zero-order valence-electron chi connectivity index (χ0n) is 12.5. The average Bonchev–Trinajstić information content (AvgIpc) is 2.82. The number of morpholine rings is 1. The fourth-order valence-corrected chi connectivity index (χ4v) is 3.55. The van der Waals surface area contributed by atoms with Gasteiger partial charge in [0.15, 0.2) is 0 Å². The Bertz CT molecular complexity index is 541. The van der Waals surface area contributed by atoms with Gasteiger partial charge in [-0.25, -0.2) is 0 Å². The summed E-state index contributed by atoms with van der Waals surface area (Å²) in [6, 6.07) is 4.07. The number of anilines is 1. The second-order valence-corrected chi connectivity index (χ2v) is 6.44. The van der Waals surface area contributed by atoms with E-state index < -0.39 is 0 Å². The Morgan fingerprint density at radius 1 is 1.29 bits per heavy atom. The van der Waals surface area contributed by atoms with Gasteiger partial charge >= 0.3 is 0 Å². The molecule has 0 amide bonds. The highest BCUT2D eigenvalue weighted by Gasteiger charge is 2.33. The molecule has 1 fully saturated rings. The van der Waals surface area contributed by atoms with Crippen molar-refractivity contribution < 1.29 is 9.84 Å². The molecule has 2 aliphatic rings. The topological polar surface area (TPSA) is 62.1 Å². The molecule has 3 rings (SSSR count). The maximum absolute atomic E-state index is 11.2. The van der Waals surface area contributed by atoms with Gasteiger partial charge in [0.1, 0.15) is 5.69 Å². The van der Waals surface area contributed by atoms with Crippen LogP contribution in [0.5, 0.6) is 0 Å². The molecule has 0 aromatic heterocycles. The van der Waals surface area contributed by atoms with E-state index in [-0.39, 0.29) is 12.0 Å². The number of ether oxygens (including phenoxy) is 1. The van der Waals surface area contributed by atoms with Gasteiger partial charge < -0.3 is 14.7 Å². The Labute approximate surface area is 124 Å². The molecule has 0 spiro atoms. The summed E-state index contributed by atoms with van der Waals surface area (Å²) >= 11 is 0. The molecule has 1 atom stereocenters. The molecule has 5 nitrogen and oxygen atoms in total. The molecule has 114 valence electrons. The van der Waals surface area contributed by atoms with Gasteiger partial charge in [-0.1, -0.05) is 6.92 Å². The van der Waals surface area contributed by atoms with Gasteiger partial charge in [-0.3, -0.25) is 0 Å². The van der Waals surface area contributed by atoms with Crippen LogP contribution >= 0.6 is 0 Å². The Balaban J connectivity index is 1.92. The molecule has 0 saturated carbocycles. The first-order chi connectivity index (χ1) is 10.1. The summed E-state index contributed by atoms with van der Waals surface area (Å²) in [4.78, 5) is 13.4. The average molecular weight is 290 g/mol. The lowest BCUT2D eigenvalue weighted by atomic mass is 9.84. The molecule has 0 radical (unpaired) electrons. The van der Waals surface area contributed by atoms with Crippen LogP contribution in [0.3, 0.4) is 0 Å². The Morgan fingerprint density at radius 2 is 1.95 bits per heavy atom. The molecule has 1 N–H and O–H groups in total. The molecule has 1 aromatic rings. The molecule has 1 aliphatic carbocycles. The van der Waals surface area contributed by atoms with E-state index in [1.165, 1.54) is 11.1 Å². The maximum Gasteiger partial charge on any atom is 0.131 e. The third-order valence-corrected chi connectivity index (χ3v) is 4.70. The van der Waals surface area contributed by atoms with Gasteiger partial charge in [0.25, 0.3) is 0 Å². The molecule has 0 bridgehead atoms. The number of nitrogens with zero attached hydrogens (tertiary/aromatic N) is 2. The summed E-state index contributed by atoms with van der Waals surface area (Å²) in [5, 5.41) is 12.5. The number of aliphatic hydroxyl groups is 1. The third kappa shape index (κ3) is 2.80. The molecule has 5 heteroatoms. The molecule has 1 aromatic carbocycles. The lowest BCUT2D eigenvalue weighted by molar-refractivity contribution is 0.122. The number of aliphatic hydroxyl groups excluding tert-OH is 1. The minimum Gasteiger partial charge on any atom is -0.396 e. The lowest BCUT2D eigenvalue weighted by Gasteiger charge is -2.29. The highest BCUT2D eigenvalue weighted by atomic mass is 16.5. The van der Waals surface area contributed by atoms with E-state index in [0.29, 0.717) is 18.9 Å². The second kappa shape index (κ2) is 5.73. The highest BCUT2D eigenvalue weighted by molar-refractivity contribution is 5.70. The Hall–Kier alpha value is -1.46. The van der Waals surface area contributed by atoms with Gasteiger partial charge in [0.05, 0.1) is 18.9 Å². The monoisotopic (exact) mass is 290 g/mol. The quantitative estimate of drug-likeness (QED) is 0.865. The smallest absolute Gasteiger partial charge is 0.131 e. The van der Waals surface area contributed by atoms with Crippen molar-refractivity contribution >= 4 is 11.4 Å². The molecule has 1 saturated heterocycles. The summed E-state index contributed by atoms with van der Waals surface area (Å²) in [7, 11) is 0. The first kappa shape index (κ1) is 14.5. The minimum atomic E-state index is 0.0981. The van der Waals surface area contributed by atoms with Crippen LogP contribution < -0.4 is 4.90 Å². The van der Waals surface area contributed by atoms with E-state index in [1.54, 1.807) is 0 Å². The van der Waals surface area contributed by atoms with E-state index in [1.807, 2.05) is 6.07 Å². The molecule has 21 heavy (non-hydrogen) atoms. The fourth-order valence-electron chi connectivity index (χ4n) is 3.55. The van der Waals surface area contributed by atoms with Crippen molar-refractivity contribution in [2.24, 2.45) is 10.6 Å². The normalized spacial score (nSPS) is 25.0. The van der Waals surface area contributed by atoms with Crippen LogP contribution in [0.2, 0.25) is 0 Å². The summed E-state index contributed by atoms with van der Waals surface area (Å²) in [6.07, 6.45) is 2.66. The number of benzene rings is 1. The number of rotatable bonds is 4. The number of hydrogen-bond donors (Lipinski definition) is 1. The van der Waals surface area contributed by atoms with E-state index in [9.17, 15) is 10.0 Å². The van der Waals surface area contributed by atoms with Crippen LogP contribution in [-0.2, 0) is 17.6 Å². The zero-order chi connectivity index (χ0) is 14.9. The van der Waals surface area contributed by atoms with Gasteiger partial charge in [-0.2, -0.15) is 0 Å². The van der Waals surface area contributed by atoms with Crippen molar-refractivity contribution in [1.82, 2.24) is 0 Å². The van der Waals surface area contributed by atoms with Crippen molar-refractivity contribution in [3.8, 4) is 0 Å². The molecule has 1 unspecified atom stereocenters. The summed E-state index contributed by atoms with van der Waals surface area (Å²) < 4.78 is 5.37. The summed E-state index contributed by atoms with van der Waals surface area (Å²) in [5.74, 6) is 0. The van der Waals surface area contributed by atoms with Crippen molar-refractivity contribution in [2.45, 2.75) is 26.2 Å². The van der Waals surface area contributed by atoms with Crippen LogP contribution in [0.4, 0.5) is 11.4 Å². The molecule has 1 aliphatic heterocycles. The van der Waals surface area contributed by atoms with Gasteiger partial charge in [-0.15, -0.1) is 4.91 Å². The van der Waals surface area contributed by atoms with Crippen molar-refractivity contribution in [1.29, 1.82) is 0 Å². The Morgan fingerprint density at radius 3 is 2.57 bits per heavy atom. The van der Waals surface area contributed by atoms with E-state index in [0.717, 1.165) is 38.0 Å². The number of nitroso groups, excluding NO2 is 1. The SMILES string of the molecule is CC1(CCO)Cc2cc(N=O)c(N3CCOCC3)cc2C1. The molecule has 1 heterocycles. The Kier molecular flexibility index (Phi) is 3.95. The molecular formula is C16H22N2O3. The van der Waals surface area contributed by atoms with E-state index in [2.05, 4.69) is 23.1 Å². The summed E-state index contributed by atoms with van der Waals surface area (Å²) in [5.41, 5.74) is 4.06. The predicted molar refractivity (Wildman–Crippen MR) is 82.1 cm³/mol. The minimum absolute atomic E-state index is 0.0981. The summed E-state index contributed by atoms with van der Waals surface area (Å²) in [6.45, 7) is 5.39. The van der Waals surface area contributed by atoms with Crippen LogP contribution in [0.25, 0.3) is 0 Å². The van der Waals surface area contributed by atoms with Crippen molar-refractivity contribution in [3.05, 3.63) is 28.2 Å². The highest BCUT2D eigenvalue weighted by Crippen LogP contribution is 2.43. The first-order valence-corrected chi connectivity index (χ1v) is 7.58. The van der Waals surface area contributed by atoms with Crippen LogP contribution in [0.15, 0.2) is 17.3 Å². The maximum atomic E-state index is 11.2. The van der Waals surface area contributed by atoms with Gasteiger partial charge in [0, 0.05) is 19.7 Å². The van der Waals surface area contributed by atoms with E-state index >= 15 is 0 Å². The number of fused-ring (bicyclic) bond motifs is 1. The molecular weight excluding hydrogens is 268 g/mol. The van der Waals surface area contributed by atoms with Crippen LogP contribution in [0.1, 0.15) is 24.5 Å². The first-order valence-electron chi connectivity index (χ1n) is 7.58. The fraction of sp³-hybridized carbons (Fsp3) is 0.625. The van der Waals surface area contributed by atoms with Gasteiger partial charge in [-0.05, 0) is 53.1 Å². The van der Waals surface area contributed by atoms with Crippen molar-refractivity contribution in [3.63, 3.8) is 0 Å². The number of hydrogen-bond acceptors (Lipinski definition) is 5.